The van der Waals surface area contributed by atoms with E-state index in [9.17, 15) is 0 Å². The van der Waals surface area contributed by atoms with Crippen molar-refractivity contribution in [1.29, 1.82) is 0 Å². The maximum Gasteiger partial charge on any atom is 0.257 e. The Morgan fingerprint density at radius 1 is 1.47 bits per heavy atom. The predicted molar refractivity (Wildman–Crippen MR) is 64.6 cm³/mol. The number of rotatable bonds is 4. The van der Waals surface area contributed by atoms with E-state index in [1.165, 1.54) is 11.8 Å². The van der Waals surface area contributed by atoms with E-state index in [4.69, 9.17) is 16.0 Å². The molecule has 0 spiro atoms. The number of alkyl halides is 1. The SMILES string of the molecule is C=C(CCl)CSc1nc2ccccc2o1. The average Bonchev–Trinajstić information content (AvgIpc) is 2.68. The van der Waals surface area contributed by atoms with Crippen LogP contribution in [0.3, 0.4) is 0 Å². The lowest BCUT2D eigenvalue weighted by Crippen LogP contribution is -1.85. The fourth-order valence-corrected chi connectivity index (χ4v) is 2.06. The summed E-state index contributed by atoms with van der Waals surface area (Å²) in [6.45, 7) is 3.82. The number of halogens is 1. The standard InChI is InChI=1S/C11H10ClNOS/c1-8(6-12)7-15-11-13-9-4-2-3-5-10(9)14-11/h2-5H,1,6-7H2. The van der Waals surface area contributed by atoms with Crippen molar-refractivity contribution < 1.29 is 4.42 Å². The van der Waals surface area contributed by atoms with Crippen LogP contribution in [0.2, 0.25) is 0 Å². The number of para-hydroxylation sites is 2. The van der Waals surface area contributed by atoms with E-state index in [1.807, 2.05) is 24.3 Å². The van der Waals surface area contributed by atoms with Gasteiger partial charge in [-0.15, -0.1) is 11.6 Å². The largest absolute Gasteiger partial charge is 0.431 e. The van der Waals surface area contributed by atoms with Crippen LogP contribution in [0.4, 0.5) is 0 Å². The summed E-state index contributed by atoms with van der Waals surface area (Å²) in [7, 11) is 0. The molecule has 78 valence electrons. The highest BCUT2D eigenvalue weighted by Gasteiger charge is 2.05. The van der Waals surface area contributed by atoms with Crippen LogP contribution in [0.25, 0.3) is 11.1 Å². The van der Waals surface area contributed by atoms with Crippen LogP contribution >= 0.6 is 23.4 Å². The van der Waals surface area contributed by atoms with Crippen molar-refractivity contribution in [2.45, 2.75) is 5.22 Å². The van der Waals surface area contributed by atoms with Gasteiger partial charge < -0.3 is 4.42 Å². The van der Waals surface area contributed by atoms with Crippen LogP contribution in [-0.2, 0) is 0 Å². The second-order valence-corrected chi connectivity index (χ2v) is 4.31. The molecule has 0 saturated heterocycles. The van der Waals surface area contributed by atoms with E-state index in [0.29, 0.717) is 11.1 Å². The maximum atomic E-state index is 5.63. The van der Waals surface area contributed by atoms with E-state index in [-0.39, 0.29) is 0 Å². The summed E-state index contributed by atoms with van der Waals surface area (Å²) >= 11 is 7.15. The number of benzene rings is 1. The Bertz CT molecular complexity index is 447. The summed E-state index contributed by atoms with van der Waals surface area (Å²) in [5, 5.41) is 0.669. The molecule has 0 radical (unpaired) electrons. The Morgan fingerprint density at radius 2 is 2.27 bits per heavy atom. The van der Waals surface area contributed by atoms with Gasteiger partial charge in [-0.1, -0.05) is 36.0 Å². The molecule has 1 heterocycles. The zero-order valence-corrected chi connectivity index (χ0v) is 9.64. The molecule has 0 aliphatic carbocycles. The highest BCUT2D eigenvalue weighted by molar-refractivity contribution is 7.99. The van der Waals surface area contributed by atoms with E-state index < -0.39 is 0 Å². The van der Waals surface area contributed by atoms with Gasteiger partial charge in [-0.2, -0.15) is 0 Å². The number of oxazole rings is 1. The van der Waals surface area contributed by atoms with Crippen molar-refractivity contribution in [3.63, 3.8) is 0 Å². The van der Waals surface area contributed by atoms with Crippen molar-refractivity contribution >= 4 is 34.5 Å². The van der Waals surface area contributed by atoms with E-state index >= 15 is 0 Å². The average molecular weight is 240 g/mol. The quantitative estimate of drug-likeness (QED) is 0.462. The molecule has 1 aromatic carbocycles. The molecule has 2 rings (SSSR count). The molecule has 0 atom stereocenters. The molecule has 4 heteroatoms. The molecule has 0 N–H and O–H groups in total. The summed E-state index contributed by atoms with van der Waals surface area (Å²) in [5.74, 6) is 1.23. The first-order valence-electron chi connectivity index (χ1n) is 4.50. The van der Waals surface area contributed by atoms with Gasteiger partial charge in [-0.25, -0.2) is 4.98 Å². The molecule has 0 amide bonds. The van der Waals surface area contributed by atoms with Gasteiger partial charge in [-0.05, 0) is 12.1 Å². The Balaban J connectivity index is 2.12. The first-order valence-corrected chi connectivity index (χ1v) is 6.02. The Kier molecular flexibility index (Phi) is 3.34. The fraction of sp³-hybridized carbons (Fsp3) is 0.182. The van der Waals surface area contributed by atoms with Crippen LogP contribution in [-0.4, -0.2) is 16.6 Å². The maximum absolute atomic E-state index is 5.63. The predicted octanol–water partition coefficient (Wildman–Crippen LogP) is 3.71. The molecule has 0 saturated carbocycles. The number of fused-ring (bicyclic) bond motifs is 1. The molecule has 0 fully saturated rings. The minimum absolute atomic E-state index is 0.479. The van der Waals surface area contributed by atoms with Crippen molar-refractivity contribution in [2.24, 2.45) is 0 Å². The zero-order valence-electron chi connectivity index (χ0n) is 8.07. The van der Waals surface area contributed by atoms with Crippen LogP contribution in [0.1, 0.15) is 0 Å². The van der Waals surface area contributed by atoms with Gasteiger partial charge in [0, 0.05) is 11.6 Å². The highest BCUT2D eigenvalue weighted by Crippen LogP contribution is 2.24. The molecule has 0 bridgehead atoms. The number of hydrogen-bond acceptors (Lipinski definition) is 3. The topological polar surface area (TPSA) is 26.0 Å². The minimum Gasteiger partial charge on any atom is -0.431 e. The summed E-state index contributed by atoms with van der Waals surface area (Å²) < 4.78 is 5.53. The number of nitrogens with zero attached hydrogens (tertiary/aromatic N) is 1. The second kappa shape index (κ2) is 4.73. The first-order chi connectivity index (χ1) is 7.29. The van der Waals surface area contributed by atoms with Gasteiger partial charge in [0.25, 0.3) is 5.22 Å². The zero-order chi connectivity index (χ0) is 10.7. The third kappa shape index (κ3) is 2.55. The smallest absolute Gasteiger partial charge is 0.257 e. The third-order valence-electron chi connectivity index (χ3n) is 1.86. The molecule has 0 unspecified atom stereocenters. The summed E-state index contributed by atoms with van der Waals surface area (Å²) in [4.78, 5) is 4.33. The Labute approximate surface area is 97.3 Å². The van der Waals surface area contributed by atoms with Gasteiger partial charge in [0.1, 0.15) is 5.52 Å². The van der Waals surface area contributed by atoms with Gasteiger partial charge in [-0.3, -0.25) is 0 Å². The summed E-state index contributed by atoms with van der Waals surface area (Å²) in [6.07, 6.45) is 0. The molecule has 2 aromatic rings. The van der Waals surface area contributed by atoms with Gasteiger partial charge in [0.05, 0.1) is 0 Å². The van der Waals surface area contributed by atoms with Crippen LogP contribution in [0.15, 0.2) is 46.1 Å². The fourth-order valence-electron chi connectivity index (χ4n) is 1.12. The van der Waals surface area contributed by atoms with Gasteiger partial charge >= 0.3 is 0 Å². The Morgan fingerprint density at radius 3 is 3.00 bits per heavy atom. The lowest BCUT2D eigenvalue weighted by molar-refractivity contribution is 0.490. The number of hydrogen-bond donors (Lipinski definition) is 0. The van der Waals surface area contributed by atoms with Crippen LogP contribution in [0, 0.1) is 0 Å². The highest BCUT2D eigenvalue weighted by atomic mass is 35.5. The summed E-state index contributed by atoms with van der Waals surface area (Å²) in [5.41, 5.74) is 2.68. The van der Waals surface area contributed by atoms with E-state index in [2.05, 4.69) is 11.6 Å². The molecular formula is C11H10ClNOS. The van der Waals surface area contributed by atoms with Crippen molar-refractivity contribution in [3.05, 3.63) is 36.4 Å². The van der Waals surface area contributed by atoms with E-state index in [0.717, 1.165) is 22.4 Å². The lowest BCUT2D eigenvalue weighted by atomic mass is 10.3. The number of aromatic nitrogens is 1. The number of thioether (sulfide) groups is 1. The molecule has 15 heavy (non-hydrogen) atoms. The summed E-state index contributed by atoms with van der Waals surface area (Å²) in [6, 6.07) is 7.71. The normalized spacial score (nSPS) is 10.7. The molecule has 0 aliphatic rings. The van der Waals surface area contributed by atoms with Crippen LogP contribution in [0.5, 0.6) is 0 Å². The molecular weight excluding hydrogens is 230 g/mol. The Hall–Kier alpha value is -0.930. The monoisotopic (exact) mass is 239 g/mol. The lowest BCUT2D eigenvalue weighted by Gasteiger charge is -1.95. The van der Waals surface area contributed by atoms with E-state index in [1.54, 1.807) is 0 Å². The first kappa shape index (κ1) is 10.6. The molecule has 0 aliphatic heterocycles. The molecule has 1 aromatic heterocycles. The molecule has 2 nitrogen and oxygen atoms in total. The second-order valence-electron chi connectivity index (χ2n) is 3.12. The van der Waals surface area contributed by atoms with Crippen molar-refractivity contribution in [3.8, 4) is 0 Å². The third-order valence-corrected chi connectivity index (χ3v) is 3.22. The minimum atomic E-state index is 0.479. The van der Waals surface area contributed by atoms with Gasteiger partial charge in [0.2, 0.25) is 0 Å². The van der Waals surface area contributed by atoms with Crippen molar-refractivity contribution in [2.75, 3.05) is 11.6 Å². The van der Waals surface area contributed by atoms with Gasteiger partial charge in [0.15, 0.2) is 5.58 Å². The van der Waals surface area contributed by atoms with Crippen molar-refractivity contribution in [1.82, 2.24) is 4.98 Å². The van der Waals surface area contributed by atoms with Crippen LogP contribution < -0.4 is 0 Å².